The van der Waals surface area contributed by atoms with Crippen LogP contribution in [0.15, 0.2) is 122 Å². The number of likely N-dealkylation sites (tertiary alicyclic amines) is 1. The molecular weight excluding hydrogens is 1510 g/mol. The molecule has 9 rings (SSSR count). The average Bonchev–Trinajstić information content (AvgIpc) is 1.72. The fraction of sp³-hybridized carbons (Fsp3) is 0.438. The first kappa shape index (κ1) is 88.8. The van der Waals surface area contributed by atoms with Gasteiger partial charge >= 0.3 is 5.97 Å². The number of benzene rings is 4. The number of fused-ring (bicyclic) bond motifs is 4. The molecule has 0 unspecified atom stereocenters. The van der Waals surface area contributed by atoms with Crippen molar-refractivity contribution in [1.29, 1.82) is 0 Å². The van der Waals surface area contributed by atoms with Crippen molar-refractivity contribution in [2.75, 3.05) is 26.2 Å². The van der Waals surface area contributed by atoms with Crippen molar-refractivity contribution in [3.8, 4) is 0 Å². The number of unbranched alkanes of at least 4 members (excludes halogenated alkanes) is 2. The normalized spacial score (nSPS) is 16.1. The summed E-state index contributed by atoms with van der Waals surface area (Å²) < 4.78 is 0. The van der Waals surface area contributed by atoms with E-state index in [1.807, 2.05) is 18.2 Å². The maximum atomic E-state index is 15.1. The monoisotopic (exact) mass is 1620 g/mol. The molecule has 8 aromatic rings. The summed E-state index contributed by atoms with van der Waals surface area (Å²) in [6.07, 6.45) is 1.31. The SMILES string of the molecule is C[C@@H](O)[C@H](NC(=O)[C@H](Cc1c[nH]c2ccccc12)NC(=O)[C@H](CCCCN)NC(=O)[C@H](CC(N)=O)NC(=O)[C@@H]1CCCN1C(=O)[C@H](CCC(=O)O)NC(=O)[C@H](Cc1c[nH]c2ccccc12)NC(=O)[C@@H](NC(=O)[C@H](Cc1c[nH]c2ccccc12)NC(=O)[C@@H](N)CO)[C@@H](C)O)C(=O)N[C@@H](Cc1c[nH]c2ccccc12)C(=O)N[C@H](N)CCCCN. The highest BCUT2D eigenvalue weighted by atomic mass is 16.4. The zero-order chi connectivity index (χ0) is 84.6. The molecule has 0 aliphatic carbocycles. The van der Waals surface area contributed by atoms with Gasteiger partial charge in [-0.25, -0.2) is 0 Å². The number of carboxylic acids is 1. The second kappa shape index (κ2) is 42.5. The maximum Gasteiger partial charge on any atom is 0.303 e. The summed E-state index contributed by atoms with van der Waals surface area (Å²) in [4.78, 5) is 199. The molecule has 0 spiro atoms. The summed E-state index contributed by atoms with van der Waals surface area (Å²) in [6, 6.07) is 10.6. The number of aromatic nitrogens is 4. The lowest BCUT2D eigenvalue weighted by atomic mass is 10.0. The molecular formula is C80H106N20O17. The van der Waals surface area contributed by atoms with Crippen LogP contribution in [-0.2, 0) is 88.0 Å². The van der Waals surface area contributed by atoms with E-state index < -0.39 is 188 Å². The van der Waals surface area contributed by atoms with Crippen molar-refractivity contribution in [1.82, 2.24) is 78.0 Å². The Morgan fingerprint density at radius 1 is 0.444 bits per heavy atom. The number of nitrogens with one attached hydrogen (secondary N) is 14. The summed E-state index contributed by atoms with van der Waals surface area (Å²) in [5.41, 5.74) is 34.3. The highest BCUT2D eigenvalue weighted by Crippen LogP contribution is 2.26. The molecule has 1 aliphatic rings. The van der Waals surface area contributed by atoms with Gasteiger partial charge < -0.3 is 127 Å². The van der Waals surface area contributed by atoms with Crippen molar-refractivity contribution < 1.29 is 82.8 Å². The molecule has 4 aromatic carbocycles. The van der Waals surface area contributed by atoms with Gasteiger partial charge in [0.15, 0.2) is 0 Å². The molecule has 5 heterocycles. The van der Waals surface area contributed by atoms with Gasteiger partial charge in [-0.2, -0.15) is 0 Å². The van der Waals surface area contributed by atoms with E-state index in [0.29, 0.717) is 87.2 Å². The number of primary amides is 1. The predicted molar refractivity (Wildman–Crippen MR) is 431 cm³/mol. The maximum absolute atomic E-state index is 15.1. The fourth-order valence-corrected chi connectivity index (χ4v) is 14.3. The number of nitrogens with zero attached hydrogens (tertiary/aromatic N) is 1. The van der Waals surface area contributed by atoms with Crippen LogP contribution in [0.4, 0.5) is 0 Å². The number of H-pyrrole nitrogens is 4. The van der Waals surface area contributed by atoms with Gasteiger partial charge in [-0.1, -0.05) is 72.8 Å². The second-order valence-corrected chi connectivity index (χ2v) is 29.4. The summed E-state index contributed by atoms with van der Waals surface area (Å²) in [5, 5.41) is 70.9. The molecule has 12 amide bonds. The Kier molecular flexibility index (Phi) is 32.2. The molecule has 117 heavy (non-hydrogen) atoms. The van der Waals surface area contributed by atoms with E-state index in [4.69, 9.17) is 28.7 Å². The number of nitrogens with two attached hydrogens (primary N) is 5. The van der Waals surface area contributed by atoms with E-state index in [2.05, 4.69) is 73.1 Å². The molecule has 0 bridgehead atoms. The van der Waals surface area contributed by atoms with E-state index in [1.54, 1.807) is 104 Å². The number of carbonyl (C=O) groups is 13. The van der Waals surface area contributed by atoms with Gasteiger partial charge in [-0.3, -0.25) is 62.3 Å². The fourth-order valence-electron chi connectivity index (χ4n) is 14.3. The second-order valence-electron chi connectivity index (χ2n) is 29.4. The number of rotatable bonds is 45. The first-order chi connectivity index (χ1) is 56.0. The van der Waals surface area contributed by atoms with Crippen LogP contribution in [-0.4, -0.2) is 233 Å². The van der Waals surface area contributed by atoms with Gasteiger partial charge in [-0.05, 0) is 131 Å². The van der Waals surface area contributed by atoms with E-state index in [9.17, 15) is 73.2 Å². The third-order valence-electron chi connectivity index (χ3n) is 20.6. The number of aliphatic carboxylic acids is 1. The summed E-state index contributed by atoms with van der Waals surface area (Å²) in [6.45, 7) is 2.00. The Morgan fingerprint density at radius 3 is 1.21 bits per heavy atom. The van der Waals surface area contributed by atoms with E-state index in [-0.39, 0.29) is 64.5 Å². The number of carbonyl (C=O) groups excluding carboxylic acids is 12. The van der Waals surface area contributed by atoms with Crippen LogP contribution in [0.3, 0.4) is 0 Å². The third-order valence-corrected chi connectivity index (χ3v) is 20.6. The average molecular weight is 1620 g/mol. The van der Waals surface area contributed by atoms with Crippen molar-refractivity contribution in [3.63, 3.8) is 0 Å². The van der Waals surface area contributed by atoms with Crippen LogP contribution in [0.2, 0.25) is 0 Å². The van der Waals surface area contributed by atoms with Crippen molar-refractivity contribution in [2.45, 2.75) is 195 Å². The topological polar surface area (TPSA) is 620 Å². The number of aliphatic hydroxyl groups excluding tert-OH is 3. The molecule has 0 saturated carbocycles. The first-order valence-corrected chi connectivity index (χ1v) is 39.0. The molecule has 37 heteroatoms. The van der Waals surface area contributed by atoms with Gasteiger partial charge in [0.1, 0.15) is 66.5 Å². The Hall–Kier alpha value is -12.1. The van der Waals surface area contributed by atoms with Crippen LogP contribution >= 0.6 is 0 Å². The predicted octanol–water partition coefficient (Wildman–Crippen LogP) is -2.28. The summed E-state index contributed by atoms with van der Waals surface area (Å²) in [5.74, 6) is -13.4. The molecule has 1 saturated heterocycles. The van der Waals surface area contributed by atoms with Gasteiger partial charge in [0.05, 0.1) is 31.4 Å². The number of hydrogen-bond donors (Lipinski definition) is 23. The van der Waals surface area contributed by atoms with E-state index in [0.717, 1.165) is 15.8 Å². The van der Waals surface area contributed by atoms with Gasteiger partial charge in [0, 0.05) is 107 Å². The number of carboxylic acid groups (broad SMARTS) is 1. The molecule has 1 aliphatic heterocycles. The number of aromatic amines is 4. The van der Waals surface area contributed by atoms with Gasteiger partial charge in [0.25, 0.3) is 0 Å². The minimum absolute atomic E-state index is 0.0650. The lowest BCUT2D eigenvalue weighted by molar-refractivity contribution is -0.144. The summed E-state index contributed by atoms with van der Waals surface area (Å²) >= 11 is 0. The van der Waals surface area contributed by atoms with Crippen LogP contribution in [0.25, 0.3) is 43.6 Å². The molecule has 4 aromatic heterocycles. The van der Waals surface area contributed by atoms with Gasteiger partial charge in [0.2, 0.25) is 70.9 Å². The highest BCUT2D eigenvalue weighted by Gasteiger charge is 2.43. The Labute approximate surface area is 672 Å². The van der Waals surface area contributed by atoms with Crippen molar-refractivity contribution in [2.24, 2.45) is 28.7 Å². The number of hydrogen-bond acceptors (Lipinski definition) is 20. The number of para-hydroxylation sites is 4. The number of aliphatic hydroxyl groups is 3. The molecule has 1 fully saturated rings. The minimum atomic E-state index is -1.86. The molecule has 0 radical (unpaired) electrons. The van der Waals surface area contributed by atoms with Crippen molar-refractivity contribution >= 4 is 120 Å². The Morgan fingerprint density at radius 2 is 0.803 bits per heavy atom. The highest BCUT2D eigenvalue weighted by molar-refractivity contribution is 6.02. The van der Waals surface area contributed by atoms with E-state index >= 15 is 9.59 Å². The Bertz CT molecular complexity index is 4820. The van der Waals surface area contributed by atoms with Crippen LogP contribution in [0.5, 0.6) is 0 Å². The quantitative estimate of drug-likeness (QED) is 0.0141. The van der Waals surface area contributed by atoms with Crippen LogP contribution in [0.1, 0.15) is 107 Å². The smallest absolute Gasteiger partial charge is 0.303 e. The minimum Gasteiger partial charge on any atom is -0.481 e. The lowest BCUT2D eigenvalue weighted by Gasteiger charge is -2.31. The van der Waals surface area contributed by atoms with Crippen LogP contribution in [0, 0.1) is 0 Å². The number of amides is 12. The van der Waals surface area contributed by atoms with Crippen LogP contribution < -0.4 is 81.8 Å². The molecule has 28 N–H and O–H groups in total. The zero-order valence-electron chi connectivity index (χ0n) is 65.0. The largest absolute Gasteiger partial charge is 0.481 e. The standard InChI is InChI=1S/C80H106N20O17/c1-42(102)68(98-75(112)61(92-70(107)52(83)41-101)34-46-39-88-55-22-9-5-18-50(46)55)78(115)95-59(32-44-37-86-53-20-7-3-16-48(44)53)72(109)91-58(27-28-67(105)106)80(117)100-31-15-25-64(100)77(114)94-63(36-66(85)104)73(110)90-57(24-11-13-29-81)71(108)93-62(35-47-40-89-56-23-10-6-19-51(47)56)76(113)99-69(43(2)103)79(116)96-60(74(111)97-65(84)26-12-14-30-82)33-45-38-87-54-21-8-4-17-49(45)54/h3-10,16-23,37-40,42-43,52,57-65,68-69,86-89,101-103H,11-15,24-36,41,81-84H2,1-2H3,(H2,85,104)(H,90,110)(H,91,109)(H,92,107)(H,93,108)(H,94,114)(H,95,115)(H,96,116)(H,97,111)(H,98,112)(H,99,113)(H,105,106)/t42-,43-,52+,57+,58+,59+,60+,61+,62+,63+,64+,65+,68+,69+/m1/s1. The molecule has 14 atom stereocenters. The van der Waals surface area contributed by atoms with Crippen molar-refractivity contribution in [3.05, 3.63) is 144 Å². The van der Waals surface area contributed by atoms with Gasteiger partial charge in [-0.15, -0.1) is 0 Å². The first-order valence-electron chi connectivity index (χ1n) is 39.0. The van der Waals surface area contributed by atoms with E-state index in [1.165, 1.54) is 13.8 Å². The third kappa shape index (κ3) is 24.2. The Balaban J connectivity index is 0.927. The zero-order valence-corrected chi connectivity index (χ0v) is 65.0. The molecule has 628 valence electrons. The molecule has 37 nitrogen and oxygen atoms in total. The summed E-state index contributed by atoms with van der Waals surface area (Å²) in [7, 11) is 0. The lowest BCUT2D eigenvalue weighted by Crippen LogP contribution is -2.62.